The van der Waals surface area contributed by atoms with Crippen LogP contribution >= 0.6 is 0 Å². The average Bonchev–Trinajstić information content (AvgIpc) is 2.84. The lowest BCUT2D eigenvalue weighted by atomic mass is 9.76. The van der Waals surface area contributed by atoms with E-state index in [-0.39, 0.29) is 0 Å². The zero-order valence-corrected chi connectivity index (χ0v) is 17.3. The molecule has 0 unspecified atom stereocenters. The third-order valence-corrected chi connectivity index (χ3v) is 6.57. The van der Waals surface area contributed by atoms with Gasteiger partial charge in [0.2, 0.25) is 0 Å². The fourth-order valence-corrected chi connectivity index (χ4v) is 5.29. The smallest absolute Gasteiger partial charge is 0.0319 e. The number of hydrogen-bond acceptors (Lipinski definition) is 1. The van der Waals surface area contributed by atoms with E-state index in [1.54, 1.807) is 5.56 Å². The van der Waals surface area contributed by atoms with E-state index in [0.29, 0.717) is 5.92 Å². The van der Waals surface area contributed by atoms with E-state index in [1.807, 2.05) is 0 Å². The Bertz CT molecular complexity index is 1340. The minimum Gasteiger partial charge on any atom is -0.400 e. The Balaban J connectivity index is 0.000000937. The number of fused-ring (bicyclic) bond motifs is 6. The third-order valence-electron chi connectivity index (χ3n) is 6.57. The number of benzene rings is 5. The SMILES string of the molecule is CO.c1ccc2c([C@@H]3CCCc4c3ccc3c4ccc4ccccc43)cccc2c1. The molecule has 0 heterocycles. The van der Waals surface area contributed by atoms with E-state index in [2.05, 4.69) is 91.0 Å². The maximum absolute atomic E-state index is 7.00. The molecule has 1 atom stereocenters. The first-order chi connectivity index (χ1) is 14.9. The molecule has 1 heteroatoms. The summed E-state index contributed by atoms with van der Waals surface area (Å²) in [5.41, 5.74) is 4.58. The summed E-state index contributed by atoms with van der Waals surface area (Å²) in [7, 11) is 1.00. The standard InChI is InChI=1S/C28H22.CH4O/c1-3-10-21-19(7-1)9-5-12-23(21)24-13-6-14-25-27-16-15-20-8-2-4-11-22(20)26(27)17-18-28(24)25;1-2/h1-5,7-12,15-18,24H,6,13-14H2;2H,1H3/t24-;/m0./s1. The molecule has 148 valence electrons. The number of aryl methyl sites for hydroxylation is 1. The van der Waals surface area contributed by atoms with Crippen LogP contribution in [0.1, 0.15) is 35.4 Å². The van der Waals surface area contributed by atoms with Gasteiger partial charge >= 0.3 is 0 Å². The predicted molar refractivity (Wildman–Crippen MR) is 128 cm³/mol. The van der Waals surface area contributed by atoms with Gasteiger partial charge in [-0.3, -0.25) is 0 Å². The molecule has 0 fully saturated rings. The second-order valence-electron chi connectivity index (χ2n) is 8.03. The largest absolute Gasteiger partial charge is 0.400 e. The summed E-state index contributed by atoms with van der Waals surface area (Å²) in [4.78, 5) is 0. The molecule has 0 aromatic heterocycles. The molecule has 0 spiro atoms. The molecule has 5 aromatic carbocycles. The fraction of sp³-hybridized carbons (Fsp3) is 0.172. The number of hydrogen-bond donors (Lipinski definition) is 1. The molecule has 1 aliphatic carbocycles. The lowest BCUT2D eigenvalue weighted by molar-refractivity contribution is 0.399. The van der Waals surface area contributed by atoms with Crippen molar-refractivity contribution in [1.29, 1.82) is 0 Å². The highest BCUT2D eigenvalue weighted by Crippen LogP contribution is 2.42. The highest BCUT2D eigenvalue weighted by Gasteiger charge is 2.24. The van der Waals surface area contributed by atoms with Crippen LogP contribution < -0.4 is 0 Å². The van der Waals surface area contributed by atoms with Crippen molar-refractivity contribution in [3.05, 3.63) is 108 Å². The molecule has 5 aromatic rings. The van der Waals surface area contributed by atoms with E-state index in [9.17, 15) is 0 Å². The van der Waals surface area contributed by atoms with Gasteiger partial charge in [0.1, 0.15) is 0 Å². The molecule has 0 radical (unpaired) electrons. The second kappa shape index (κ2) is 7.93. The summed E-state index contributed by atoms with van der Waals surface area (Å²) < 4.78 is 0. The third kappa shape index (κ3) is 2.98. The van der Waals surface area contributed by atoms with E-state index < -0.39 is 0 Å². The van der Waals surface area contributed by atoms with Gasteiger partial charge in [-0.25, -0.2) is 0 Å². The highest BCUT2D eigenvalue weighted by molar-refractivity contribution is 6.08. The van der Waals surface area contributed by atoms with Crippen molar-refractivity contribution >= 4 is 32.3 Å². The summed E-state index contributed by atoms with van der Waals surface area (Å²) >= 11 is 0. The van der Waals surface area contributed by atoms with Crippen molar-refractivity contribution in [1.82, 2.24) is 0 Å². The quantitative estimate of drug-likeness (QED) is 0.300. The van der Waals surface area contributed by atoms with Crippen molar-refractivity contribution in [3.8, 4) is 0 Å². The first-order valence-electron chi connectivity index (χ1n) is 10.8. The molecule has 0 aliphatic heterocycles. The van der Waals surface area contributed by atoms with Crippen LogP contribution in [0.5, 0.6) is 0 Å². The Hall–Kier alpha value is -3.16. The molecule has 30 heavy (non-hydrogen) atoms. The lowest BCUT2D eigenvalue weighted by Crippen LogP contribution is -2.12. The second-order valence-corrected chi connectivity index (χ2v) is 8.03. The van der Waals surface area contributed by atoms with E-state index in [0.717, 1.165) is 7.11 Å². The number of aliphatic hydroxyl groups is 1. The van der Waals surface area contributed by atoms with Gasteiger partial charge in [-0.05, 0) is 68.3 Å². The molecule has 1 N–H and O–H groups in total. The molecular weight excluding hydrogens is 364 g/mol. The minimum absolute atomic E-state index is 0.491. The molecule has 1 nitrogen and oxygen atoms in total. The number of aliphatic hydroxyl groups excluding tert-OH is 1. The van der Waals surface area contributed by atoms with Gasteiger partial charge < -0.3 is 5.11 Å². The van der Waals surface area contributed by atoms with Crippen LogP contribution in [0.25, 0.3) is 32.3 Å². The molecule has 0 saturated heterocycles. The van der Waals surface area contributed by atoms with Crippen LogP contribution in [-0.4, -0.2) is 12.2 Å². The van der Waals surface area contributed by atoms with Crippen molar-refractivity contribution in [2.24, 2.45) is 0 Å². The van der Waals surface area contributed by atoms with Gasteiger partial charge in [-0.2, -0.15) is 0 Å². The average molecular weight is 391 g/mol. The Kier molecular flexibility index (Phi) is 4.98. The fourth-order valence-electron chi connectivity index (χ4n) is 5.29. The van der Waals surface area contributed by atoms with Crippen LogP contribution in [0.3, 0.4) is 0 Å². The van der Waals surface area contributed by atoms with Gasteiger partial charge in [0.25, 0.3) is 0 Å². The first-order valence-corrected chi connectivity index (χ1v) is 10.8. The summed E-state index contributed by atoms with van der Waals surface area (Å²) in [6.07, 6.45) is 3.68. The summed E-state index contributed by atoms with van der Waals surface area (Å²) in [5.74, 6) is 0.491. The van der Waals surface area contributed by atoms with Gasteiger partial charge in [0, 0.05) is 13.0 Å². The van der Waals surface area contributed by atoms with Gasteiger partial charge in [-0.1, -0.05) is 91.0 Å². The summed E-state index contributed by atoms with van der Waals surface area (Å²) in [6.45, 7) is 0. The van der Waals surface area contributed by atoms with E-state index in [4.69, 9.17) is 5.11 Å². The first kappa shape index (κ1) is 18.8. The normalized spacial score (nSPS) is 15.6. The van der Waals surface area contributed by atoms with Crippen molar-refractivity contribution in [2.45, 2.75) is 25.2 Å². The Labute approximate surface area is 177 Å². The predicted octanol–water partition coefficient (Wildman–Crippen LogP) is 7.22. The molecule has 0 amide bonds. The van der Waals surface area contributed by atoms with Crippen LogP contribution in [0.4, 0.5) is 0 Å². The van der Waals surface area contributed by atoms with Crippen LogP contribution in [0.15, 0.2) is 91.0 Å². The Morgan fingerprint density at radius 1 is 0.567 bits per heavy atom. The van der Waals surface area contributed by atoms with Crippen molar-refractivity contribution in [2.75, 3.05) is 7.11 Å². The Morgan fingerprint density at radius 2 is 1.23 bits per heavy atom. The Morgan fingerprint density at radius 3 is 2.07 bits per heavy atom. The topological polar surface area (TPSA) is 20.2 Å². The molecule has 1 aliphatic rings. The van der Waals surface area contributed by atoms with Crippen LogP contribution in [-0.2, 0) is 6.42 Å². The maximum atomic E-state index is 7.00. The van der Waals surface area contributed by atoms with Crippen molar-refractivity contribution in [3.63, 3.8) is 0 Å². The lowest BCUT2D eigenvalue weighted by Gasteiger charge is -2.28. The van der Waals surface area contributed by atoms with Crippen LogP contribution in [0, 0.1) is 0 Å². The van der Waals surface area contributed by atoms with E-state index >= 15 is 0 Å². The van der Waals surface area contributed by atoms with Gasteiger partial charge in [0.05, 0.1) is 0 Å². The maximum Gasteiger partial charge on any atom is 0.0319 e. The highest BCUT2D eigenvalue weighted by atomic mass is 16.2. The molecule has 6 rings (SSSR count). The van der Waals surface area contributed by atoms with Crippen molar-refractivity contribution < 1.29 is 5.11 Å². The number of rotatable bonds is 1. The zero-order valence-electron chi connectivity index (χ0n) is 17.3. The summed E-state index contributed by atoms with van der Waals surface area (Å²) in [5, 5.41) is 15.3. The molecule has 0 saturated carbocycles. The monoisotopic (exact) mass is 390 g/mol. The minimum atomic E-state index is 0.491. The molecule has 0 bridgehead atoms. The molecular formula is C29H26O. The van der Waals surface area contributed by atoms with Gasteiger partial charge in [-0.15, -0.1) is 0 Å². The van der Waals surface area contributed by atoms with Gasteiger partial charge in [0.15, 0.2) is 0 Å². The van der Waals surface area contributed by atoms with E-state index in [1.165, 1.54) is 62.7 Å². The zero-order chi connectivity index (χ0) is 20.5. The van der Waals surface area contributed by atoms with Crippen LogP contribution in [0.2, 0.25) is 0 Å². The summed E-state index contributed by atoms with van der Waals surface area (Å²) in [6, 6.07) is 33.8.